The Morgan fingerprint density at radius 3 is 1.11 bits per heavy atom. The Morgan fingerprint density at radius 1 is 0.381 bits per heavy atom. The number of ether oxygens (including phenoxy) is 3. The lowest BCUT2D eigenvalue weighted by Gasteiger charge is -2.19. The number of hydrogen-bond acceptors (Lipinski definition) is 13. The number of carbonyl (C=O) groups is 1. The molecule has 118 heavy (non-hydrogen) atoms. The van der Waals surface area contributed by atoms with Crippen molar-refractivity contribution in [2.24, 2.45) is 11.8 Å². The molecule has 644 valence electrons. The summed E-state index contributed by atoms with van der Waals surface area (Å²) < 4.78 is 23.2. The lowest BCUT2D eigenvalue weighted by Crippen LogP contribution is -2.12. The largest absolute Gasteiger partial charge is 0.491 e. The molecule has 0 aliphatic rings. The van der Waals surface area contributed by atoms with Gasteiger partial charge in [0.05, 0.1) is 35.8 Å². The minimum atomic E-state index is -0.519. The molecule has 0 spiro atoms. The molecule has 8 aromatic heterocycles. The SMILES string of the molecule is [C-]#[N+]/C(=C/c1cc(CCCCCCCC)c(-c2ccc(-c3sc(-c4cc5c(OCC(CC)CCC)c6sc(-c7cc(CCCCCCCC)c(-c8ccc(-c9sc(/C=C(/C#N)C(=O)OCCCCCCCC)cc9CCCCCCCC)s8)s7)cc6c(OCC(CC)CCCC)c5s4)cc3CCCCCCCC)s2)s1)CCCCCCCC. The summed E-state index contributed by atoms with van der Waals surface area (Å²) in [5, 5.41) is 12.8. The number of nitrogens with zero attached hydrogens (tertiary/aromatic N) is 2. The Labute approximate surface area is 747 Å². The van der Waals surface area contributed by atoms with Crippen molar-refractivity contribution in [2.45, 2.75) is 377 Å². The molecule has 9 aromatic rings. The Hall–Kier alpha value is -5.13. The average Bonchev–Trinajstić information content (AvgIpc) is 1.57. The van der Waals surface area contributed by atoms with E-state index in [2.05, 4.69) is 147 Å². The van der Waals surface area contributed by atoms with Crippen LogP contribution in [0.3, 0.4) is 0 Å². The smallest absolute Gasteiger partial charge is 0.348 e. The standard InChI is InChI=1S/C104H146N2O4S8/c1-12-22-29-35-41-47-55-78-65-84(67-82(73-105)104(107)108-64-52-46-40-34-27-17-6)111-98(78)88-60-62-90(113-88)100-80(57-49-43-37-31-24-14-3)68-93(115-100)95-72-87-97(110-75-77(21-10)54-28-18-7)103-86(96(102(87)117-95)109-74-76(20-9)53-19-8)71-94(118-103)92-69-81(58-50-44-38-32-25-15-4)101(116-92)91-63-61-89(114-91)99-79(56-48-42-36-30-23-13-2)66-85(112-99)70-83(106-11)59-51-45-39-33-26-16-5/h60-63,65-72,76-77H,12-59,64,74-75H2,1-10H3/b82-67-,83-70+. The molecular weight excluding hydrogens is 1600 g/mol. The molecule has 0 amide bonds. The van der Waals surface area contributed by atoms with Gasteiger partial charge in [-0.3, -0.25) is 0 Å². The van der Waals surface area contributed by atoms with Gasteiger partial charge >= 0.3 is 5.97 Å². The van der Waals surface area contributed by atoms with Crippen molar-refractivity contribution >= 4 is 129 Å². The second-order valence-corrected chi connectivity index (χ2v) is 42.2. The molecule has 0 aliphatic carbocycles. The number of rotatable bonds is 64. The van der Waals surface area contributed by atoms with Crippen LogP contribution in [0.15, 0.2) is 71.9 Å². The summed E-state index contributed by atoms with van der Waals surface area (Å²) in [4.78, 5) is 35.7. The van der Waals surface area contributed by atoms with Crippen molar-refractivity contribution in [3.63, 3.8) is 0 Å². The minimum absolute atomic E-state index is 0.0737. The fourth-order valence-corrected chi connectivity index (χ4v) is 26.2. The van der Waals surface area contributed by atoms with Crippen LogP contribution in [-0.2, 0) is 35.2 Å². The van der Waals surface area contributed by atoms with Crippen molar-refractivity contribution in [2.75, 3.05) is 19.8 Å². The summed E-state index contributed by atoms with van der Waals surface area (Å²) in [6.45, 7) is 33.0. The summed E-state index contributed by atoms with van der Waals surface area (Å²) >= 11 is 15.3. The first-order valence-corrected chi connectivity index (χ1v) is 53.9. The molecular formula is C104H146N2O4S8. The Bertz CT molecular complexity index is 4510. The Balaban J connectivity index is 1.14. The van der Waals surface area contributed by atoms with E-state index in [1.165, 1.54) is 311 Å². The maximum absolute atomic E-state index is 13.5. The second-order valence-electron chi connectivity index (χ2n) is 33.6. The number of esters is 1. The van der Waals surface area contributed by atoms with Gasteiger partial charge in [-0.05, 0) is 184 Å². The van der Waals surface area contributed by atoms with Crippen LogP contribution in [0.25, 0.3) is 95.7 Å². The Morgan fingerprint density at radius 2 is 0.729 bits per heavy atom. The summed E-state index contributed by atoms with van der Waals surface area (Å²) in [7, 11) is 0. The normalized spacial score (nSPS) is 12.6. The van der Waals surface area contributed by atoms with Crippen LogP contribution < -0.4 is 9.47 Å². The highest BCUT2D eigenvalue weighted by molar-refractivity contribution is 7.31. The number of aryl methyl sites for hydroxylation is 4. The lowest BCUT2D eigenvalue weighted by atomic mass is 10.0. The molecule has 14 heteroatoms. The Kier molecular flexibility index (Phi) is 45.2. The first-order valence-electron chi connectivity index (χ1n) is 47.3. The number of carbonyl (C=O) groups excluding carboxylic acids is 1. The molecule has 0 radical (unpaired) electrons. The fraction of sp³-hybridized carbons (Fsp3) is 0.606. The minimum Gasteiger partial charge on any atom is -0.491 e. The topological polar surface area (TPSA) is 72.9 Å². The monoisotopic (exact) mass is 1740 g/mol. The van der Waals surface area contributed by atoms with Gasteiger partial charge < -0.3 is 14.2 Å². The quantitative estimate of drug-likeness (QED) is 0.0125. The molecule has 0 aliphatic heterocycles. The summed E-state index contributed by atoms with van der Waals surface area (Å²) in [5.41, 5.74) is 6.64. The molecule has 8 heterocycles. The molecule has 2 atom stereocenters. The third-order valence-corrected chi connectivity index (χ3v) is 33.9. The first-order chi connectivity index (χ1) is 58.0. The third-order valence-electron chi connectivity index (χ3n) is 23.8. The maximum Gasteiger partial charge on any atom is 0.348 e. The average molecular weight is 1740 g/mol. The van der Waals surface area contributed by atoms with E-state index >= 15 is 0 Å². The van der Waals surface area contributed by atoms with Crippen molar-refractivity contribution < 1.29 is 19.0 Å². The third kappa shape index (κ3) is 30.1. The number of benzene rings is 1. The molecule has 0 saturated carbocycles. The summed E-state index contributed by atoms with van der Waals surface area (Å²) in [6.07, 6.45) is 61.1. The van der Waals surface area contributed by atoms with Crippen LogP contribution in [0.1, 0.15) is 384 Å². The highest BCUT2D eigenvalue weighted by Crippen LogP contribution is 2.57. The van der Waals surface area contributed by atoms with Crippen LogP contribution in [-0.4, -0.2) is 25.8 Å². The van der Waals surface area contributed by atoms with Gasteiger partial charge in [0, 0.05) is 79.1 Å². The fourth-order valence-electron chi connectivity index (χ4n) is 16.4. The van der Waals surface area contributed by atoms with Gasteiger partial charge in [0.1, 0.15) is 23.1 Å². The number of thiophene rings is 8. The van der Waals surface area contributed by atoms with Crippen molar-refractivity contribution in [3.05, 3.63) is 115 Å². The van der Waals surface area contributed by atoms with E-state index in [4.69, 9.17) is 20.8 Å². The second kappa shape index (κ2) is 55.2. The zero-order chi connectivity index (χ0) is 83.5. The maximum atomic E-state index is 13.5. The van der Waals surface area contributed by atoms with Gasteiger partial charge in [-0.15, -0.1) is 90.7 Å². The van der Waals surface area contributed by atoms with Crippen molar-refractivity contribution in [1.29, 1.82) is 5.26 Å². The number of unbranched alkanes of at least 4 members (excludes halogenated alkanes) is 31. The number of fused-ring (bicyclic) bond motifs is 2. The highest BCUT2D eigenvalue weighted by atomic mass is 32.1. The zero-order valence-corrected chi connectivity index (χ0v) is 81.0. The van der Waals surface area contributed by atoms with E-state index in [9.17, 15) is 10.1 Å². The predicted octanol–water partition coefficient (Wildman–Crippen LogP) is 37.7. The molecule has 6 nitrogen and oxygen atoms in total. The van der Waals surface area contributed by atoms with E-state index in [1.807, 2.05) is 79.4 Å². The van der Waals surface area contributed by atoms with Crippen LogP contribution in [0.4, 0.5) is 0 Å². The van der Waals surface area contributed by atoms with Gasteiger partial charge in [0.25, 0.3) is 0 Å². The van der Waals surface area contributed by atoms with E-state index in [-0.39, 0.29) is 5.57 Å². The van der Waals surface area contributed by atoms with Crippen LogP contribution in [0.5, 0.6) is 11.5 Å². The molecule has 9 rings (SSSR count). The summed E-state index contributed by atoms with van der Waals surface area (Å²) in [5.74, 6) is 2.42. The van der Waals surface area contributed by atoms with Crippen LogP contribution in [0, 0.1) is 29.7 Å². The van der Waals surface area contributed by atoms with Crippen molar-refractivity contribution in [3.8, 4) is 76.1 Å². The molecule has 0 saturated heterocycles. The van der Waals surface area contributed by atoms with Gasteiger partial charge in [0.2, 0.25) is 0 Å². The van der Waals surface area contributed by atoms with Gasteiger partial charge in [-0.25, -0.2) is 9.64 Å². The zero-order valence-electron chi connectivity index (χ0n) is 74.4. The van der Waals surface area contributed by atoms with Crippen molar-refractivity contribution in [1.82, 2.24) is 0 Å². The lowest BCUT2D eigenvalue weighted by molar-refractivity contribution is -0.138. The predicted molar refractivity (Wildman–Crippen MR) is 529 cm³/mol. The van der Waals surface area contributed by atoms with Gasteiger partial charge in [-0.2, -0.15) is 5.26 Å². The van der Waals surface area contributed by atoms with E-state index < -0.39 is 5.97 Å². The molecule has 0 fully saturated rings. The van der Waals surface area contributed by atoms with E-state index in [0.717, 1.165) is 125 Å². The van der Waals surface area contributed by atoms with E-state index in [0.29, 0.717) is 31.7 Å². The van der Waals surface area contributed by atoms with Gasteiger partial charge in [0.15, 0.2) is 5.70 Å². The van der Waals surface area contributed by atoms with Gasteiger partial charge in [-0.1, -0.05) is 300 Å². The van der Waals surface area contributed by atoms with Crippen LogP contribution in [0.2, 0.25) is 0 Å². The van der Waals surface area contributed by atoms with Crippen LogP contribution >= 0.6 is 90.7 Å². The molecule has 0 bridgehead atoms. The number of nitriles is 1. The number of allylic oxidation sites excluding steroid dienone is 1. The molecule has 1 aromatic carbocycles. The molecule has 2 unspecified atom stereocenters. The highest BCUT2D eigenvalue weighted by Gasteiger charge is 2.28. The first kappa shape index (κ1) is 96.7. The summed E-state index contributed by atoms with van der Waals surface area (Å²) in [6, 6.07) is 26.7. The van der Waals surface area contributed by atoms with E-state index in [1.54, 1.807) is 17.4 Å². The number of hydrogen-bond donors (Lipinski definition) is 0. The molecule has 0 N–H and O–H groups in total.